The molecule has 2 aromatic carbocycles. The number of benzene rings is 2. The summed E-state index contributed by atoms with van der Waals surface area (Å²) in [5.74, 6) is 2.00. The number of hydrogen-bond acceptors (Lipinski definition) is 9. The number of aromatic amines is 2. The van der Waals surface area contributed by atoms with Crippen molar-refractivity contribution in [2.75, 3.05) is 34.5 Å². The molecule has 4 heterocycles. The van der Waals surface area contributed by atoms with Gasteiger partial charge in [-0.15, -0.1) is 0 Å². The molecule has 15 nitrogen and oxygen atoms in total. The number of nitrogens with one attached hydrogen (secondary N) is 4. The molecule has 2 aromatic heterocycles. The minimum Gasteiger partial charge on any atom is -0.453 e. The number of H-pyrrole nitrogens is 2. The minimum atomic E-state index is -0.739. The summed E-state index contributed by atoms with van der Waals surface area (Å²) in [7, 11) is 4.27. The van der Waals surface area contributed by atoms with Gasteiger partial charge in [0, 0.05) is 31.2 Å². The van der Waals surface area contributed by atoms with Crippen LogP contribution in [0.2, 0.25) is 0 Å². The molecule has 336 valence electrons. The van der Waals surface area contributed by atoms with Crippen molar-refractivity contribution < 1.29 is 33.4 Å². The molecule has 4 aliphatic rings. The van der Waals surface area contributed by atoms with Crippen LogP contribution in [0.5, 0.6) is 0 Å². The highest BCUT2D eigenvalue weighted by Crippen LogP contribution is 2.58. The summed E-state index contributed by atoms with van der Waals surface area (Å²) in [5, 5.41) is 5.49. The van der Waals surface area contributed by atoms with E-state index in [-0.39, 0.29) is 47.7 Å². The molecular formula is C48H62N8O7. The lowest BCUT2D eigenvalue weighted by Crippen LogP contribution is -2.52. The predicted octanol–water partition coefficient (Wildman–Crippen LogP) is 7.85. The Kier molecular flexibility index (Phi) is 12.7. The summed E-state index contributed by atoms with van der Waals surface area (Å²) in [6, 6.07) is 11.1. The molecule has 8 atom stereocenters. The molecule has 63 heavy (non-hydrogen) atoms. The monoisotopic (exact) mass is 862 g/mol. The zero-order valence-electron chi connectivity index (χ0n) is 37.7. The van der Waals surface area contributed by atoms with Crippen LogP contribution in [0.3, 0.4) is 0 Å². The highest BCUT2D eigenvalue weighted by Gasteiger charge is 2.44. The zero-order valence-corrected chi connectivity index (χ0v) is 37.7. The smallest absolute Gasteiger partial charge is 0.407 e. The fourth-order valence-electron chi connectivity index (χ4n) is 10.8. The maximum absolute atomic E-state index is 14.0. The number of ether oxygens (including phenoxy) is 3. The van der Waals surface area contributed by atoms with Gasteiger partial charge < -0.3 is 44.6 Å². The standard InChI is InChI=1S/C48H62N8O7/c1-25(2)41(53-47(59)62-7)45(57)55-23-28(24-61-6)19-38(55)44-49-21-35(51-44)30-12-10-29(11-13-30)33-16-17-34(40-32-15-14-31(20-32)39(33)40)36-22-50-43(52-36)37-18-9-27(5)56(37)46(58)42(26(3)4)54-48(60)63-8/h10-13,16-17,21-22,25-28,31-32,37-38,41-42H,9,14-15,18-20,23-24H2,1-8H3,(H,49,51)(H,50,52)(H,53,59)(H,54,60)/t27-,28-,31?,32?,37-,38-,41-,42-/m0/s1. The van der Waals surface area contributed by atoms with Gasteiger partial charge in [-0.2, -0.15) is 0 Å². The average Bonchev–Trinajstić information content (AvgIpc) is 4.15. The van der Waals surface area contributed by atoms with E-state index in [9.17, 15) is 19.2 Å². The number of fused-ring (bicyclic) bond motifs is 5. The molecule has 2 aliphatic carbocycles. The van der Waals surface area contributed by atoms with Crippen molar-refractivity contribution in [3.05, 3.63) is 71.6 Å². The summed E-state index contributed by atoms with van der Waals surface area (Å²) in [6.07, 6.45) is 8.28. The molecule has 1 saturated carbocycles. The number of likely N-dealkylation sites (tertiary alicyclic amines) is 2. The van der Waals surface area contributed by atoms with Crippen LogP contribution in [0.25, 0.3) is 33.6 Å². The molecular weight excluding hydrogens is 801 g/mol. The number of nitrogens with zero attached hydrogens (tertiary/aromatic N) is 4. The van der Waals surface area contributed by atoms with Gasteiger partial charge in [0.1, 0.15) is 23.7 Å². The van der Waals surface area contributed by atoms with Crippen LogP contribution in [0.15, 0.2) is 48.8 Å². The number of carbonyl (C=O) groups excluding carboxylic acids is 4. The van der Waals surface area contributed by atoms with Crippen molar-refractivity contribution in [3.8, 4) is 33.6 Å². The second-order valence-corrected chi connectivity index (χ2v) is 18.6. The van der Waals surface area contributed by atoms with Gasteiger partial charge in [0.15, 0.2) is 0 Å². The lowest BCUT2D eigenvalue weighted by Gasteiger charge is -2.33. The lowest BCUT2D eigenvalue weighted by atomic mass is 9.82. The molecule has 3 fully saturated rings. The fourth-order valence-corrected chi connectivity index (χ4v) is 10.8. The maximum atomic E-state index is 14.0. The summed E-state index contributed by atoms with van der Waals surface area (Å²) in [6.45, 7) is 10.7. The molecule has 0 radical (unpaired) electrons. The van der Waals surface area contributed by atoms with Crippen LogP contribution in [-0.4, -0.2) is 106 Å². The number of rotatable bonds is 13. The largest absolute Gasteiger partial charge is 0.453 e. The Labute approximate surface area is 369 Å². The van der Waals surface area contributed by atoms with E-state index in [0.717, 1.165) is 47.6 Å². The van der Waals surface area contributed by atoms with E-state index in [1.54, 1.807) is 7.11 Å². The third kappa shape index (κ3) is 8.43. The molecule has 2 bridgehead atoms. The Balaban J connectivity index is 1.03. The van der Waals surface area contributed by atoms with Crippen LogP contribution >= 0.6 is 0 Å². The van der Waals surface area contributed by atoms with Crippen LogP contribution in [0.4, 0.5) is 9.59 Å². The maximum Gasteiger partial charge on any atom is 0.407 e. The van der Waals surface area contributed by atoms with Gasteiger partial charge in [-0.1, -0.05) is 64.1 Å². The summed E-state index contributed by atoms with van der Waals surface area (Å²) in [4.78, 5) is 72.9. The van der Waals surface area contributed by atoms with Crippen LogP contribution in [-0.2, 0) is 23.8 Å². The quantitative estimate of drug-likeness (QED) is 0.104. The fraction of sp³-hybridized carbons (Fsp3) is 0.542. The molecule has 2 unspecified atom stereocenters. The van der Waals surface area contributed by atoms with Crippen molar-refractivity contribution in [1.29, 1.82) is 0 Å². The molecule has 15 heteroatoms. The molecule has 8 rings (SSSR count). The van der Waals surface area contributed by atoms with Crippen LogP contribution < -0.4 is 10.6 Å². The number of aromatic nitrogens is 4. The van der Waals surface area contributed by atoms with Gasteiger partial charge in [0.2, 0.25) is 11.8 Å². The third-order valence-corrected chi connectivity index (χ3v) is 13.9. The van der Waals surface area contributed by atoms with Gasteiger partial charge >= 0.3 is 12.2 Å². The van der Waals surface area contributed by atoms with E-state index >= 15 is 0 Å². The Bertz CT molecular complexity index is 2320. The molecule has 4 aromatic rings. The normalized spacial score (nSPS) is 23.6. The lowest BCUT2D eigenvalue weighted by molar-refractivity contribution is -0.137. The Morgan fingerprint density at radius 2 is 1.25 bits per heavy atom. The molecule has 2 aliphatic heterocycles. The Hall–Kier alpha value is -5.70. The number of alkyl carbamates (subject to hydrolysis) is 2. The number of hydrogen-bond donors (Lipinski definition) is 4. The van der Waals surface area contributed by atoms with E-state index in [2.05, 4.69) is 63.9 Å². The Morgan fingerprint density at radius 1 is 0.698 bits per heavy atom. The van der Waals surface area contributed by atoms with E-state index in [1.165, 1.54) is 49.3 Å². The first kappa shape index (κ1) is 43.9. The molecule has 2 saturated heterocycles. The SMILES string of the molecule is COC[C@H]1C[C@@H](c2ncc(-c3ccc(-c4ccc(-c5cnc([C@@H]6CC[C@H](C)N6C(=O)[C@@H](NC(=O)OC)C(C)C)[nH]5)c5c4C4CCC5C4)cc3)[nH]2)N(C(=O)[C@@H](NC(=O)OC)C(C)C)C1. The second kappa shape index (κ2) is 18.2. The van der Waals surface area contributed by atoms with Crippen molar-refractivity contribution in [2.45, 2.75) is 115 Å². The van der Waals surface area contributed by atoms with Gasteiger partial charge in [-0.05, 0) is 96.9 Å². The van der Waals surface area contributed by atoms with Crippen LogP contribution in [0.1, 0.15) is 120 Å². The highest BCUT2D eigenvalue weighted by molar-refractivity contribution is 5.87. The summed E-state index contributed by atoms with van der Waals surface area (Å²) in [5.41, 5.74) is 9.21. The first-order valence-corrected chi connectivity index (χ1v) is 22.5. The van der Waals surface area contributed by atoms with Crippen molar-refractivity contribution in [3.63, 3.8) is 0 Å². The van der Waals surface area contributed by atoms with Crippen molar-refractivity contribution >= 4 is 24.0 Å². The summed E-state index contributed by atoms with van der Waals surface area (Å²) >= 11 is 0. The first-order chi connectivity index (χ1) is 30.3. The van der Waals surface area contributed by atoms with E-state index in [1.807, 2.05) is 49.9 Å². The number of carbonyl (C=O) groups is 4. The van der Waals surface area contributed by atoms with Gasteiger partial charge in [-0.25, -0.2) is 19.6 Å². The van der Waals surface area contributed by atoms with E-state index < -0.39 is 24.3 Å². The predicted molar refractivity (Wildman–Crippen MR) is 237 cm³/mol. The number of methoxy groups -OCH3 is 3. The van der Waals surface area contributed by atoms with Crippen molar-refractivity contribution in [1.82, 2.24) is 40.4 Å². The van der Waals surface area contributed by atoms with Crippen LogP contribution in [0, 0.1) is 17.8 Å². The van der Waals surface area contributed by atoms with Gasteiger partial charge in [0.05, 0.1) is 56.7 Å². The third-order valence-electron chi connectivity index (χ3n) is 13.9. The first-order valence-electron chi connectivity index (χ1n) is 22.5. The highest BCUT2D eigenvalue weighted by atomic mass is 16.5. The summed E-state index contributed by atoms with van der Waals surface area (Å²) < 4.78 is 15.2. The average molecular weight is 863 g/mol. The van der Waals surface area contributed by atoms with Gasteiger partial charge in [0.25, 0.3) is 0 Å². The second-order valence-electron chi connectivity index (χ2n) is 18.6. The number of imidazole rings is 2. The number of amides is 4. The molecule has 4 N–H and O–H groups in total. The minimum absolute atomic E-state index is 0.000688. The zero-order chi connectivity index (χ0) is 44.7. The van der Waals surface area contributed by atoms with Crippen molar-refractivity contribution in [2.24, 2.45) is 17.8 Å². The van der Waals surface area contributed by atoms with E-state index in [0.29, 0.717) is 37.2 Å². The molecule has 4 amide bonds. The Morgan fingerprint density at radius 3 is 1.87 bits per heavy atom. The molecule has 0 spiro atoms. The van der Waals surface area contributed by atoms with E-state index in [4.69, 9.17) is 24.2 Å². The topological polar surface area (TPSA) is 184 Å². The van der Waals surface area contributed by atoms with Gasteiger partial charge in [-0.3, -0.25) is 9.59 Å².